The van der Waals surface area contributed by atoms with E-state index < -0.39 is 0 Å². The Bertz CT molecular complexity index is 735. The van der Waals surface area contributed by atoms with E-state index in [0.29, 0.717) is 0 Å². The molecule has 1 heterocycles. The topological polar surface area (TPSA) is 23.6 Å². The van der Waals surface area contributed by atoms with Gasteiger partial charge in [-0.15, -0.1) is 0 Å². The van der Waals surface area contributed by atoms with E-state index in [2.05, 4.69) is 55.4 Å². The molecule has 0 aliphatic carbocycles. The van der Waals surface area contributed by atoms with Crippen LogP contribution in [0.2, 0.25) is 0 Å². The van der Waals surface area contributed by atoms with Crippen LogP contribution in [0.1, 0.15) is 27.9 Å². The molecule has 0 N–H and O–H groups in total. The average molecular weight is 320 g/mol. The summed E-state index contributed by atoms with van der Waals surface area (Å²) in [7, 11) is 4.12. The van der Waals surface area contributed by atoms with Gasteiger partial charge < -0.3 is 9.80 Å². The zero-order valence-corrected chi connectivity index (χ0v) is 14.4. The molecule has 0 aromatic heterocycles. The van der Waals surface area contributed by atoms with Crippen molar-refractivity contribution in [1.82, 2.24) is 9.80 Å². The number of rotatable bonds is 6. The van der Waals surface area contributed by atoms with Gasteiger partial charge in [-0.2, -0.15) is 0 Å². The largest absolute Gasteiger partial charge is 0.309 e. The average Bonchev–Trinajstić information content (AvgIpc) is 2.86. The van der Waals surface area contributed by atoms with Crippen molar-refractivity contribution < 1.29 is 4.79 Å². The molecule has 2 aromatic rings. The Morgan fingerprint density at radius 3 is 2.33 bits per heavy atom. The monoisotopic (exact) mass is 320 g/mol. The van der Waals surface area contributed by atoms with Crippen molar-refractivity contribution in [3.8, 4) is 0 Å². The molecule has 0 bridgehead atoms. The van der Waals surface area contributed by atoms with Crippen molar-refractivity contribution in [2.45, 2.75) is 12.8 Å². The summed E-state index contributed by atoms with van der Waals surface area (Å²) in [5.41, 5.74) is 4.19. The lowest BCUT2D eigenvalue weighted by Gasteiger charge is -2.20. The van der Waals surface area contributed by atoms with Gasteiger partial charge in [0.05, 0.1) is 0 Å². The molecule has 0 atom stereocenters. The third-order valence-corrected chi connectivity index (χ3v) is 4.33. The summed E-state index contributed by atoms with van der Waals surface area (Å²) < 4.78 is 0. The molecule has 0 fully saturated rings. The summed E-state index contributed by atoms with van der Waals surface area (Å²) in [6.07, 6.45) is 3.99. The lowest BCUT2D eigenvalue weighted by Crippen LogP contribution is -2.27. The van der Waals surface area contributed by atoms with Gasteiger partial charge in [0.25, 0.3) is 5.91 Å². The second-order valence-corrected chi connectivity index (χ2v) is 6.44. The first-order valence-electron chi connectivity index (χ1n) is 8.47. The molecule has 0 spiro atoms. The van der Waals surface area contributed by atoms with Crippen LogP contribution in [0, 0.1) is 0 Å². The second kappa shape index (κ2) is 7.45. The first-order chi connectivity index (χ1) is 11.7. The molecule has 0 saturated carbocycles. The number of hydrogen-bond donors (Lipinski definition) is 0. The molecule has 1 amide bonds. The van der Waals surface area contributed by atoms with Crippen LogP contribution in [0.5, 0.6) is 0 Å². The van der Waals surface area contributed by atoms with Gasteiger partial charge in [-0.05, 0) is 45.1 Å². The molecule has 124 valence electrons. The van der Waals surface area contributed by atoms with Gasteiger partial charge in [0, 0.05) is 23.4 Å². The number of nitrogens with zero attached hydrogens (tertiary/aromatic N) is 2. The third kappa shape index (κ3) is 3.57. The normalized spacial score (nSPS) is 15.4. The molecule has 0 radical (unpaired) electrons. The standard InChI is InChI=1S/C21H24N2O/c1-22(2)15-8-16-23-20(14-13-17-9-4-3-5-10-17)18-11-6-7-12-19(18)21(23)24/h3-7,9-12,14H,8,13,15-16H2,1-2H3/b20-14+. The van der Waals surface area contributed by atoms with Crippen LogP contribution in [0.25, 0.3) is 5.70 Å². The van der Waals surface area contributed by atoms with Crippen molar-refractivity contribution in [3.63, 3.8) is 0 Å². The number of hydrogen-bond acceptors (Lipinski definition) is 2. The third-order valence-electron chi connectivity index (χ3n) is 4.33. The van der Waals surface area contributed by atoms with Crippen LogP contribution in [-0.4, -0.2) is 42.9 Å². The summed E-state index contributed by atoms with van der Waals surface area (Å²) >= 11 is 0. The van der Waals surface area contributed by atoms with E-state index >= 15 is 0 Å². The highest BCUT2D eigenvalue weighted by atomic mass is 16.2. The smallest absolute Gasteiger partial charge is 0.258 e. The van der Waals surface area contributed by atoms with Crippen LogP contribution < -0.4 is 0 Å². The Morgan fingerprint density at radius 2 is 1.62 bits per heavy atom. The maximum Gasteiger partial charge on any atom is 0.258 e. The van der Waals surface area contributed by atoms with Gasteiger partial charge in [-0.3, -0.25) is 4.79 Å². The second-order valence-electron chi connectivity index (χ2n) is 6.44. The molecular weight excluding hydrogens is 296 g/mol. The fraction of sp³-hybridized carbons (Fsp3) is 0.286. The number of carbonyl (C=O) groups is 1. The maximum absolute atomic E-state index is 12.8. The van der Waals surface area contributed by atoms with Gasteiger partial charge >= 0.3 is 0 Å². The minimum atomic E-state index is 0.128. The highest BCUT2D eigenvalue weighted by molar-refractivity contribution is 6.09. The Kier molecular flexibility index (Phi) is 5.11. The van der Waals surface area contributed by atoms with Gasteiger partial charge in [-0.1, -0.05) is 54.6 Å². The number of allylic oxidation sites excluding steroid dienone is 1. The fourth-order valence-electron chi connectivity index (χ4n) is 3.11. The molecule has 3 heteroatoms. The highest BCUT2D eigenvalue weighted by Crippen LogP contribution is 2.33. The van der Waals surface area contributed by atoms with Gasteiger partial charge in [0.15, 0.2) is 0 Å². The molecule has 3 rings (SSSR count). The molecule has 0 saturated heterocycles. The molecule has 1 aliphatic rings. The minimum absolute atomic E-state index is 0.128. The predicted octanol–water partition coefficient (Wildman–Crippen LogP) is 3.68. The van der Waals surface area contributed by atoms with Crippen LogP contribution in [0.3, 0.4) is 0 Å². The number of benzene rings is 2. The van der Waals surface area contributed by atoms with Crippen molar-refractivity contribution in [2.24, 2.45) is 0 Å². The molecule has 2 aromatic carbocycles. The van der Waals surface area contributed by atoms with E-state index in [1.54, 1.807) is 0 Å². The van der Waals surface area contributed by atoms with E-state index in [4.69, 9.17) is 0 Å². The van der Waals surface area contributed by atoms with Crippen molar-refractivity contribution in [3.05, 3.63) is 77.4 Å². The summed E-state index contributed by atoms with van der Waals surface area (Å²) in [5.74, 6) is 0.128. The Morgan fingerprint density at radius 1 is 0.958 bits per heavy atom. The Hall–Kier alpha value is -2.39. The zero-order chi connectivity index (χ0) is 16.9. The maximum atomic E-state index is 12.8. The van der Waals surface area contributed by atoms with Crippen LogP contribution in [0.4, 0.5) is 0 Å². The summed E-state index contributed by atoms with van der Waals surface area (Å²) in [6.45, 7) is 1.73. The minimum Gasteiger partial charge on any atom is -0.309 e. The van der Waals surface area contributed by atoms with Crippen LogP contribution >= 0.6 is 0 Å². The van der Waals surface area contributed by atoms with Gasteiger partial charge in [-0.25, -0.2) is 0 Å². The molecule has 1 aliphatic heterocycles. The molecule has 3 nitrogen and oxygen atoms in total. The zero-order valence-electron chi connectivity index (χ0n) is 14.4. The molecular formula is C21H24N2O. The first kappa shape index (κ1) is 16.5. The van der Waals surface area contributed by atoms with E-state index in [-0.39, 0.29) is 5.91 Å². The van der Waals surface area contributed by atoms with Crippen molar-refractivity contribution >= 4 is 11.6 Å². The Balaban J connectivity index is 1.85. The first-order valence-corrected chi connectivity index (χ1v) is 8.47. The number of amides is 1. The summed E-state index contributed by atoms with van der Waals surface area (Å²) in [4.78, 5) is 16.9. The summed E-state index contributed by atoms with van der Waals surface area (Å²) in [6, 6.07) is 18.3. The van der Waals surface area contributed by atoms with E-state index in [9.17, 15) is 4.79 Å². The lowest BCUT2D eigenvalue weighted by atomic mass is 10.1. The van der Waals surface area contributed by atoms with Crippen LogP contribution in [0.15, 0.2) is 60.7 Å². The SMILES string of the molecule is CN(C)CCCN1C(=O)c2ccccc2/C1=C\Cc1ccccc1. The van der Waals surface area contributed by atoms with Gasteiger partial charge in [0.2, 0.25) is 0 Å². The van der Waals surface area contributed by atoms with E-state index in [1.165, 1.54) is 5.56 Å². The van der Waals surface area contributed by atoms with Crippen molar-refractivity contribution in [1.29, 1.82) is 0 Å². The number of carbonyl (C=O) groups excluding carboxylic acids is 1. The molecule has 0 unspecified atom stereocenters. The lowest BCUT2D eigenvalue weighted by molar-refractivity contribution is 0.0847. The fourth-order valence-corrected chi connectivity index (χ4v) is 3.11. The number of fused-ring (bicyclic) bond motifs is 1. The Labute approximate surface area is 144 Å². The quantitative estimate of drug-likeness (QED) is 0.810. The summed E-state index contributed by atoms with van der Waals surface area (Å²) in [5, 5.41) is 0. The van der Waals surface area contributed by atoms with Gasteiger partial charge in [0.1, 0.15) is 0 Å². The predicted molar refractivity (Wildman–Crippen MR) is 98.8 cm³/mol. The molecule has 24 heavy (non-hydrogen) atoms. The van der Waals surface area contributed by atoms with E-state index in [1.807, 2.05) is 29.2 Å². The van der Waals surface area contributed by atoms with E-state index in [0.717, 1.165) is 42.8 Å². The highest BCUT2D eigenvalue weighted by Gasteiger charge is 2.31. The van der Waals surface area contributed by atoms with Crippen molar-refractivity contribution in [2.75, 3.05) is 27.2 Å². The van der Waals surface area contributed by atoms with Crippen LogP contribution in [-0.2, 0) is 6.42 Å².